The molecule has 1 aliphatic carbocycles. The van der Waals surface area contributed by atoms with Gasteiger partial charge in [0, 0.05) is 18.5 Å². The Morgan fingerprint density at radius 3 is 2.79 bits per heavy atom. The third-order valence-corrected chi connectivity index (χ3v) is 4.58. The molecule has 1 aliphatic rings. The van der Waals surface area contributed by atoms with Gasteiger partial charge in [0.25, 0.3) is 0 Å². The molecule has 2 rings (SSSR count). The van der Waals surface area contributed by atoms with E-state index < -0.39 is 9.84 Å². The molecule has 0 saturated heterocycles. The van der Waals surface area contributed by atoms with Crippen LogP contribution in [-0.2, 0) is 9.84 Å². The molecule has 106 valence electrons. The van der Waals surface area contributed by atoms with Crippen molar-refractivity contribution in [3.05, 3.63) is 18.3 Å². The molecule has 0 aliphatic heterocycles. The molecule has 2 atom stereocenters. The van der Waals surface area contributed by atoms with E-state index in [4.69, 9.17) is 4.74 Å². The Morgan fingerprint density at radius 1 is 1.37 bits per heavy atom. The van der Waals surface area contributed by atoms with Crippen molar-refractivity contribution in [3.8, 4) is 5.88 Å². The van der Waals surface area contributed by atoms with Gasteiger partial charge in [0.15, 0.2) is 9.84 Å². The fourth-order valence-corrected chi connectivity index (χ4v) is 3.20. The number of ether oxygens (including phenoxy) is 1. The van der Waals surface area contributed by atoms with Gasteiger partial charge in [-0.05, 0) is 38.4 Å². The Hall–Kier alpha value is -1.14. The smallest absolute Gasteiger partial charge is 0.232 e. The van der Waals surface area contributed by atoms with E-state index in [0.717, 1.165) is 19.3 Å². The van der Waals surface area contributed by atoms with Gasteiger partial charge in [-0.3, -0.25) is 0 Å². The molecular formula is C13H20N2O3S. The molecule has 1 aromatic heterocycles. The molecule has 0 amide bonds. The first-order valence-corrected chi connectivity index (χ1v) is 8.40. The zero-order valence-corrected chi connectivity index (χ0v) is 12.1. The van der Waals surface area contributed by atoms with Crippen LogP contribution in [0.15, 0.2) is 23.2 Å². The molecule has 2 unspecified atom stereocenters. The van der Waals surface area contributed by atoms with Crippen LogP contribution < -0.4 is 10.1 Å². The van der Waals surface area contributed by atoms with Gasteiger partial charge in [-0.15, -0.1) is 0 Å². The number of nitrogens with zero attached hydrogens (tertiary/aromatic N) is 1. The van der Waals surface area contributed by atoms with Crippen LogP contribution in [0.4, 0.5) is 0 Å². The van der Waals surface area contributed by atoms with Crippen molar-refractivity contribution in [2.75, 3.05) is 13.3 Å². The molecule has 1 N–H and O–H groups in total. The molecular weight excluding hydrogens is 264 g/mol. The number of pyridine rings is 1. The molecule has 1 saturated carbocycles. The minimum Gasteiger partial charge on any atom is -0.472 e. The second-order valence-electron chi connectivity index (χ2n) is 4.91. The topological polar surface area (TPSA) is 68.3 Å². The van der Waals surface area contributed by atoms with Crippen molar-refractivity contribution in [3.63, 3.8) is 0 Å². The summed E-state index contributed by atoms with van der Waals surface area (Å²) in [6, 6.07) is 3.40. The van der Waals surface area contributed by atoms with Crippen LogP contribution in [0.2, 0.25) is 0 Å². The Labute approximate surface area is 114 Å². The molecule has 0 bridgehead atoms. The van der Waals surface area contributed by atoms with E-state index in [0.29, 0.717) is 0 Å². The first kappa shape index (κ1) is 14.3. The highest BCUT2D eigenvalue weighted by Gasteiger charge is 2.27. The summed E-state index contributed by atoms with van der Waals surface area (Å²) in [7, 11) is -1.41. The van der Waals surface area contributed by atoms with E-state index >= 15 is 0 Å². The fraction of sp³-hybridized carbons (Fsp3) is 0.615. The van der Waals surface area contributed by atoms with Crippen molar-refractivity contribution in [2.24, 2.45) is 0 Å². The van der Waals surface area contributed by atoms with Gasteiger partial charge < -0.3 is 10.1 Å². The van der Waals surface area contributed by atoms with Crippen LogP contribution in [0, 0.1) is 0 Å². The van der Waals surface area contributed by atoms with E-state index in [9.17, 15) is 8.42 Å². The second-order valence-corrected chi connectivity index (χ2v) is 6.90. The molecule has 1 heterocycles. The van der Waals surface area contributed by atoms with E-state index in [2.05, 4.69) is 10.3 Å². The normalized spacial score (nSPS) is 24.1. The summed E-state index contributed by atoms with van der Waals surface area (Å²) >= 11 is 0. The number of aromatic nitrogens is 1. The van der Waals surface area contributed by atoms with Crippen molar-refractivity contribution >= 4 is 9.84 Å². The summed E-state index contributed by atoms with van der Waals surface area (Å²) in [5.41, 5.74) is 0. The van der Waals surface area contributed by atoms with E-state index in [1.165, 1.54) is 18.7 Å². The van der Waals surface area contributed by atoms with Crippen LogP contribution in [0.25, 0.3) is 0 Å². The maximum atomic E-state index is 11.7. The Bertz CT molecular complexity index is 530. The zero-order chi connectivity index (χ0) is 13.9. The van der Waals surface area contributed by atoms with Gasteiger partial charge in [0.1, 0.15) is 11.0 Å². The average Bonchev–Trinajstić information content (AvgIpc) is 2.39. The van der Waals surface area contributed by atoms with Crippen molar-refractivity contribution in [1.29, 1.82) is 0 Å². The highest BCUT2D eigenvalue weighted by molar-refractivity contribution is 7.90. The van der Waals surface area contributed by atoms with Gasteiger partial charge in [-0.2, -0.15) is 0 Å². The SMILES string of the molecule is CNC1CCCCC1Oc1ncccc1S(C)(=O)=O. The van der Waals surface area contributed by atoms with Crippen molar-refractivity contribution in [2.45, 2.75) is 42.7 Å². The molecule has 6 heteroatoms. The van der Waals surface area contributed by atoms with Crippen LogP contribution in [0.5, 0.6) is 5.88 Å². The number of likely N-dealkylation sites (N-methyl/N-ethyl adjacent to an activating group) is 1. The molecule has 0 spiro atoms. The van der Waals surface area contributed by atoms with Gasteiger partial charge in [-0.1, -0.05) is 6.42 Å². The third-order valence-electron chi connectivity index (χ3n) is 3.47. The zero-order valence-electron chi connectivity index (χ0n) is 11.3. The number of rotatable bonds is 4. The second kappa shape index (κ2) is 5.88. The molecule has 1 aromatic rings. The largest absolute Gasteiger partial charge is 0.472 e. The molecule has 5 nitrogen and oxygen atoms in total. The van der Waals surface area contributed by atoms with Gasteiger partial charge in [-0.25, -0.2) is 13.4 Å². The maximum absolute atomic E-state index is 11.7. The number of hydrogen-bond donors (Lipinski definition) is 1. The Balaban J connectivity index is 2.23. The highest BCUT2D eigenvalue weighted by atomic mass is 32.2. The van der Waals surface area contributed by atoms with Crippen LogP contribution in [0.3, 0.4) is 0 Å². The minimum absolute atomic E-state index is 0.0193. The average molecular weight is 284 g/mol. The number of sulfone groups is 1. The summed E-state index contributed by atoms with van der Waals surface area (Å²) in [5.74, 6) is 0.220. The first-order chi connectivity index (χ1) is 9.02. The fourth-order valence-electron chi connectivity index (χ4n) is 2.46. The summed E-state index contributed by atoms with van der Waals surface area (Å²) in [4.78, 5) is 4.24. The summed E-state index contributed by atoms with van der Waals surface area (Å²) in [6.45, 7) is 0. The van der Waals surface area contributed by atoms with E-state index in [-0.39, 0.29) is 22.9 Å². The van der Waals surface area contributed by atoms with Crippen molar-refractivity contribution < 1.29 is 13.2 Å². The third kappa shape index (κ3) is 3.45. The molecule has 1 fully saturated rings. The number of hydrogen-bond acceptors (Lipinski definition) is 5. The lowest BCUT2D eigenvalue weighted by atomic mass is 9.92. The standard InChI is InChI=1S/C13H20N2O3S/c1-14-10-6-3-4-7-11(10)18-13-12(19(2,16)17)8-5-9-15-13/h5,8-11,14H,3-4,6-7H2,1-2H3. The van der Waals surface area contributed by atoms with Gasteiger partial charge in [0.2, 0.25) is 5.88 Å². The van der Waals surface area contributed by atoms with Gasteiger partial charge in [0.05, 0.1) is 0 Å². The quantitative estimate of drug-likeness (QED) is 0.905. The van der Waals surface area contributed by atoms with Gasteiger partial charge >= 0.3 is 0 Å². The molecule has 19 heavy (non-hydrogen) atoms. The van der Waals surface area contributed by atoms with E-state index in [1.54, 1.807) is 12.3 Å². The van der Waals surface area contributed by atoms with Crippen LogP contribution >= 0.6 is 0 Å². The lowest BCUT2D eigenvalue weighted by molar-refractivity contribution is 0.109. The molecule has 0 aromatic carbocycles. The highest BCUT2D eigenvalue weighted by Crippen LogP contribution is 2.26. The minimum atomic E-state index is -3.32. The lowest BCUT2D eigenvalue weighted by Crippen LogP contribution is -2.43. The van der Waals surface area contributed by atoms with Crippen molar-refractivity contribution in [1.82, 2.24) is 10.3 Å². The Morgan fingerprint density at radius 2 is 2.11 bits per heavy atom. The van der Waals surface area contributed by atoms with Crippen LogP contribution in [0.1, 0.15) is 25.7 Å². The molecule has 0 radical (unpaired) electrons. The predicted octanol–water partition coefficient (Wildman–Crippen LogP) is 1.39. The lowest BCUT2D eigenvalue weighted by Gasteiger charge is -2.31. The maximum Gasteiger partial charge on any atom is 0.232 e. The summed E-state index contributed by atoms with van der Waals surface area (Å²) in [5, 5.41) is 3.23. The van der Waals surface area contributed by atoms with E-state index in [1.807, 2.05) is 7.05 Å². The monoisotopic (exact) mass is 284 g/mol. The first-order valence-electron chi connectivity index (χ1n) is 6.51. The predicted molar refractivity (Wildman–Crippen MR) is 73.1 cm³/mol. The number of nitrogens with one attached hydrogen (secondary N) is 1. The Kier molecular flexibility index (Phi) is 4.42. The summed E-state index contributed by atoms with van der Waals surface area (Å²) < 4.78 is 29.3. The summed E-state index contributed by atoms with van der Waals surface area (Å²) in [6.07, 6.45) is 6.95. The van der Waals surface area contributed by atoms with Crippen LogP contribution in [-0.4, -0.2) is 38.9 Å².